The molecule has 1 N–H and O–H groups in total. The maximum absolute atomic E-state index is 12.6. The van der Waals surface area contributed by atoms with Crippen LogP contribution in [0.5, 0.6) is 0 Å². The van der Waals surface area contributed by atoms with Crippen molar-refractivity contribution in [2.45, 2.75) is 17.4 Å². The Balaban J connectivity index is 0.000000858. The second-order valence-electron chi connectivity index (χ2n) is 6.87. The zero-order chi connectivity index (χ0) is 22.6. The Hall–Kier alpha value is -3.17. The summed E-state index contributed by atoms with van der Waals surface area (Å²) in [5, 5.41) is 7.43. The van der Waals surface area contributed by atoms with Gasteiger partial charge >= 0.3 is 0 Å². The molecule has 1 aliphatic rings. The number of hydrogen-bond acceptors (Lipinski definition) is 5. The number of amides is 1. The standard InChI is InChI=1S/C20H18ClN3O3S.CH2O2/c1-28(26,27)16-8-6-14(7-9-16)20-22-10-11-23(20)15-12-19(25)24(13-15)18-5-3-2-4-17(18)21;2-1-3/h2-11,15H,12-13H2,1H3;1H,(H,2,3). The van der Waals surface area contributed by atoms with Crippen molar-refractivity contribution in [3.63, 3.8) is 0 Å². The molecule has 1 amide bonds. The predicted octanol–water partition coefficient (Wildman–Crippen LogP) is 3.29. The second-order valence-corrected chi connectivity index (χ2v) is 9.30. The van der Waals surface area contributed by atoms with Gasteiger partial charge < -0.3 is 14.6 Å². The Bertz CT molecular complexity index is 1190. The molecular formula is C21H20ClN3O5S. The van der Waals surface area contributed by atoms with Crippen LogP contribution in [-0.2, 0) is 19.4 Å². The Morgan fingerprint density at radius 1 is 1.16 bits per heavy atom. The highest BCUT2D eigenvalue weighted by atomic mass is 35.5. The molecular weight excluding hydrogens is 442 g/mol. The van der Waals surface area contributed by atoms with Crippen LogP contribution in [0, 0.1) is 0 Å². The van der Waals surface area contributed by atoms with Crippen LogP contribution in [0.3, 0.4) is 0 Å². The summed E-state index contributed by atoms with van der Waals surface area (Å²) in [7, 11) is -3.25. The normalized spacial score (nSPS) is 16.0. The van der Waals surface area contributed by atoms with Crippen LogP contribution >= 0.6 is 11.6 Å². The van der Waals surface area contributed by atoms with E-state index in [9.17, 15) is 13.2 Å². The number of rotatable bonds is 4. The van der Waals surface area contributed by atoms with E-state index in [0.29, 0.717) is 29.5 Å². The van der Waals surface area contributed by atoms with Crippen molar-refractivity contribution in [2.24, 2.45) is 0 Å². The molecule has 10 heteroatoms. The molecule has 1 saturated heterocycles. The van der Waals surface area contributed by atoms with E-state index >= 15 is 0 Å². The smallest absolute Gasteiger partial charge is 0.290 e. The van der Waals surface area contributed by atoms with Crippen LogP contribution in [0.4, 0.5) is 5.69 Å². The lowest BCUT2D eigenvalue weighted by Crippen LogP contribution is -2.25. The lowest BCUT2D eigenvalue weighted by molar-refractivity contribution is -0.123. The number of hydrogen-bond donors (Lipinski definition) is 1. The number of aromatic nitrogens is 2. The molecule has 1 aliphatic heterocycles. The fourth-order valence-corrected chi connectivity index (χ4v) is 4.33. The number of carbonyl (C=O) groups is 2. The van der Waals surface area contributed by atoms with Gasteiger partial charge in [0.2, 0.25) is 5.91 Å². The molecule has 2 heterocycles. The van der Waals surface area contributed by atoms with Crippen LogP contribution in [0.1, 0.15) is 12.5 Å². The number of para-hydroxylation sites is 1. The number of imidazole rings is 1. The molecule has 3 aromatic rings. The molecule has 0 saturated carbocycles. The van der Waals surface area contributed by atoms with Gasteiger partial charge in [0.05, 0.1) is 21.6 Å². The summed E-state index contributed by atoms with van der Waals surface area (Å²) in [4.78, 5) is 27.3. The van der Waals surface area contributed by atoms with Crippen molar-refractivity contribution in [3.05, 3.63) is 65.9 Å². The molecule has 0 spiro atoms. The van der Waals surface area contributed by atoms with E-state index in [2.05, 4.69) is 4.98 Å². The van der Waals surface area contributed by atoms with Crippen molar-refractivity contribution >= 4 is 39.5 Å². The van der Waals surface area contributed by atoms with Gasteiger partial charge in [0.15, 0.2) is 9.84 Å². The first-order chi connectivity index (χ1) is 14.8. The van der Waals surface area contributed by atoms with Crippen LogP contribution in [-0.4, -0.2) is 48.3 Å². The third-order valence-corrected chi connectivity index (χ3v) is 6.30. The number of halogens is 1. The van der Waals surface area contributed by atoms with Crippen LogP contribution in [0.2, 0.25) is 5.02 Å². The summed E-state index contributed by atoms with van der Waals surface area (Å²) in [6, 6.07) is 13.8. The van der Waals surface area contributed by atoms with Gasteiger partial charge in [0.1, 0.15) is 5.82 Å². The Kier molecular flexibility index (Phi) is 6.77. The average Bonchev–Trinajstić information content (AvgIpc) is 3.35. The third kappa shape index (κ3) is 4.95. The highest BCUT2D eigenvalue weighted by Gasteiger charge is 2.33. The topological polar surface area (TPSA) is 110 Å². The summed E-state index contributed by atoms with van der Waals surface area (Å²) in [6.45, 7) is 0.243. The summed E-state index contributed by atoms with van der Waals surface area (Å²) in [5.41, 5.74) is 1.50. The molecule has 1 atom stereocenters. The quantitative estimate of drug-likeness (QED) is 0.597. The molecule has 8 nitrogen and oxygen atoms in total. The number of nitrogens with zero attached hydrogens (tertiary/aromatic N) is 3. The van der Waals surface area contributed by atoms with E-state index in [4.69, 9.17) is 21.5 Å². The van der Waals surface area contributed by atoms with Crippen molar-refractivity contribution < 1.29 is 23.1 Å². The Morgan fingerprint density at radius 2 is 1.81 bits per heavy atom. The Labute approximate surface area is 184 Å². The van der Waals surface area contributed by atoms with Gasteiger partial charge in [-0.2, -0.15) is 0 Å². The highest BCUT2D eigenvalue weighted by Crippen LogP contribution is 2.34. The molecule has 2 aromatic carbocycles. The molecule has 4 rings (SSSR count). The van der Waals surface area contributed by atoms with Crippen molar-refractivity contribution in [2.75, 3.05) is 17.7 Å². The summed E-state index contributed by atoms with van der Waals surface area (Å²) in [6.07, 6.45) is 5.04. The monoisotopic (exact) mass is 461 g/mol. The Morgan fingerprint density at radius 3 is 2.42 bits per heavy atom. The summed E-state index contributed by atoms with van der Waals surface area (Å²) in [5.74, 6) is 0.698. The molecule has 0 bridgehead atoms. The van der Waals surface area contributed by atoms with Gasteiger partial charge in [0, 0.05) is 37.2 Å². The van der Waals surface area contributed by atoms with Crippen LogP contribution < -0.4 is 4.90 Å². The molecule has 1 unspecified atom stereocenters. The summed E-state index contributed by atoms with van der Waals surface area (Å²) >= 11 is 6.26. The number of carboxylic acid groups (broad SMARTS) is 1. The first-order valence-electron chi connectivity index (χ1n) is 9.22. The molecule has 1 aromatic heterocycles. The second kappa shape index (κ2) is 9.32. The maximum Gasteiger partial charge on any atom is 0.290 e. The van der Waals surface area contributed by atoms with Gasteiger partial charge in [-0.1, -0.05) is 23.7 Å². The van der Waals surface area contributed by atoms with Crippen molar-refractivity contribution in [1.82, 2.24) is 9.55 Å². The van der Waals surface area contributed by atoms with E-state index < -0.39 is 9.84 Å². The van der Waals surface area contributed by atoms with Crippen LogP contribution in [0.25, 0.3) is 11.4 Å². The highest BCUT2D eigenvalue weighted by molar-refractivity contribution is 7.90. The minimum absolute atomic E-state index is 0.00479. The maximum atomic E-state index is 12.6. The minimum Gasteiger partial charge on any atom is -0.483 e. The van der Waals surface area contributed by atoms with E-state index in [-0.39, 0.29) is 23.3 Å². The predicted molar refractivity (Wildman–Crippen MR) is 117 cm³/mol. The number of sulfone groups is 1. The molecule has 0 aliphatic carbocycles. The largest absolute Gasteiger partial charge is 0.483 e. The first kappa shape index (κ1) is 22.5. The van der Waals surface area contributed by atoms with Gasteiger partial charge in [-0.25, -0.2) is 13.4 Å². The zero-order valence-electron chi connectivity index (χ0n) is 16.6. The molecule has 1 fully saturated rings. The van der Waals surface area contributed by atoms with Gasteiger partial charge in [-0.05, 0) is 36.4 Å². The SMILES string of the molecule is CS(=O)(=O)c1ccc(-c2nccn2C2CC(=O)N(c3ccccc3Cl)C2)cc1.O=CO. The fourth-order valence-electron chi connectivity index (χ4n) is 3.46. The number of carbonyl (C=O) groups excluding carboxylic acids is 1. The molecule has 0 radical (unpaired) electrons. The average molecular weight is 462 g/mol. The van der Waals surface area contributed by atoms with Crippen molar-refractivity contribution in [1.29, 1.82) is 0 Å². The number of anilines is 1. The summed E-state index contributed by atoms with van der Waals surface area (Å²) < 4.78 is 25.3. The van der Waals surface area contributed by atoms with Crippen molar-refractivity contribution in [3.8, 4) is 11.4 Å². The lowest BCUT2D eigenvalue weighted by atomic mass is 10.2. The lowest BCUT2D eigenvalue weighted by Gasteiger charge is -2.19. The minimum atomic E-state index is -3.25. The van der Waals surface area contributed by atoms with E-state index in [1.165, 1.54) is 6.26 Å². The van der Waals surface area contributed by atoms with Crippen LogP contribution in [0.15, 0.2) is 65.8 Å². The third-order valence-electron chi connectivity index (χ3n) is 4.85. The fraction of sp³-hybridized carbons (Fsp3) is 0.190. The van der Waals surface area contributed by atoms with Gasteiger partial charge in [-0.15, -0.1) is 0 Å². The van der Waals surface area contributed by atoms with E-state index in [1.807, 2.05) is 29.0 Å². The van der Waals surface area contributed by atoms with Gasteiger partial charge in [0.25, 0.3) is 6.47 Å². The zero-order valence-corrected chi connectivity index (χ0v) is 18.1. The van der Waals surface area contributed by atoms with Gasteiger partial charge in [-0.3, -0.25) is 9.59 Å². The molecule has 162 valence electrons. The van der Waals surface area contributed by atoms with E-state index in [1.54, 1.807) is 41.4 Å². The molecule has 31 heavy (non-hydrogen) atoms. The number of benzene rings is 2. The first-order valence-corrected chi connectivity index (χ1v) is 11.5. The van der Waals surface area contributed by atoms with E-state index in [0.717, 1.165) is 5.56 Å².